The van der Waals surface area contributed by atoms with Gasteiger partial charge in [0.1, 0.15) is 0 Å². The highest BCUT2D eigenvalue weighted by Gasteiger charge is 2.23. The molecule has 0 amide bonds. The van der Waals surface area contributed by atoms with E-state index in [1.54, 1.807) is 13.3 Å². The SMILES string of the molecule is COc1cnn(CCN(C)C)c1C(N)CC(C)(C)C. The fourth-order valence-electron chi connectivity index (χ4n) is 2.14. The molecule has 1 unspecified atom stereocenters. The van der Waals surface area contributed by atoms with E-state index in [9.17, 15) is 0 Å². The molecule has 0 aliphatic heterocycles. The Hall–Kier alpha value is -1.07. The molecule has 1 atom stereocenters. The van der Waals surface area contributed by atoms with Crippen LogP contribution in [0.4, 0.5) is 0 Å². The molecule has 0 radical (unpaired) electrons. The normalized spacial score (nSPS) is 13.9. The highest BCUT2D eigenvalue weighted by atomic mass is 16.5. The van der Waals surface area contributed by atoms with Gasteiger partial charge in [0.2, 0.25) is 0 Å². The van der Waals surface area contributed by atoms with E-state index < -0.39 is 0 Å². The number of rotatable bonds is 6. The quantitative estimate of drug-likeness (QED) is 0.856. The van der Waals surface area contributed by atoms with Crippen LogP contribution in [0.25, 0.3) is 0 Å². The van der Waals surface area contributed by atoms with E-state index in [1.807, 2.05) is 4.68 Å². The topological polar surface area (TPSA) is 56.3 Å². The summed E-state index contributed by atoms with van der Waals surface area (Å²) >= 11 is 0. The first-order valence-corrected chi connectivity index (χ1v) is 6.74. The lowest BCUT2D eigenvalue weighted by atomic mass is 9.87. The zero-order chi connectivity index (χ0) is 14.6. The molecule has 2 N–H and O–H groups in total. The summed E-state index contributed by atoms with van der Waals surface area (Å²) in [6.45, 7) is 8.34. The van der Waals surface area contributed by atoms with Crippen molar-refractivity contribution in [2.75, 3.05) is 27.7 Å². The van der Waals surface area contributed by atoms with E-state index in [0.717, 1.165) is 31.0 Å². The summed E-state index contributed by atoms with van der Waals surface area (Å²) in [5, 5.41) is 4.40. The van der Waals surface area contributed by atoms with E-state index >= 15 is 0 Å². The summed E-state index contributed by atoms with van der Waals surface area (Å²) in [5.74, 6) is 0.788. The van der Waals surface area contributed by atoms with E-state index in [4.69, 9.17) is 10.5 Å². The van der Waals surface area contributed by atoms with Crippen LogP contribution in [0.5, 0.6) is 5.75 Å². The fraction of sp³-hybridized carbons (Fsp3) is 0.786. The molecule has 1 aromatic rings. The standard InChI is InChI=1S/C14H28N4O/c1-14(2,3)9-11(15)13-12(19-6)10-16-18(13)8-7-17(4)5/h10-11H,7-9,15H2,1-6H3. The molecular formula is C14H28N4O. The molecule has 0 aromatic carbocycles. The minimum Gasteiger partial charge on any atom is -0.493 e. The summed E-state index contributed by atoms with van der Waals surface area (Å²) in [6.07, 6.45) is 2.66. The monoisotopic (exact) mass is 268 g/mol. The minimum atomic E-state index is -0.0559. The van der Waals surface area contributed by atoms with Crippen molar-refractivity contribution in [1.29, 1.82) is 0 Å². The molecule has 0 aliphatic carbocycles. The van der Waals surface area contributed by atoms with Crippen LogP contribution in [0.3, 0.4) is 0 Å². The van der Waals surface area contributed by atoms with Crippen molar-refractivity contribution >= 4 is 0 Å². The Morgan fingerprint density at radius 2 is 2.05 bits per heavy atom. The number of ether oxygens (including phenoxy) is 1. The van der Waals surface area contributed by atoms with Crippen LogP contribution in [0, 0.1) is 5.41 Å². The molecule has 0 saturated carbocycles. The van der Waals surface area contributed by atoms with Crippen LogP contribution >= 0.6 is 0 Å². The van der Waals surface area contributed by atoms with Gasteiger partial charge in [-0.1, -0.05) is 20.8 Å². The maximum absolute atomic E-state index is 6.35. The molecule has 19 heavy (non-hydrogen) atoms. The van der Waals surface area contributed by atoms with Crippen LogP contribution < -0.4 is 10.5 Å². The molecule has 0 saturated heterocycles. The van der Waals surface area contributed by atoms with Gasteiger partial charge in [0, 0.05) is 6.54 Å². The van der Waals surface area contributed by atoms with Gasteiger partial charge in [-0.05, 0) is 25.9 Å². The lowest BCUT2D eigenvalue weighted by Gasteiger charge is -2.24. The van der Waals surface area contributed by atoms with E-state index in [-0.39, 0.29) is 11.5 Å². The third-order valence-electron chi connectivity index (χ3n) is 3.01. The third-order valence-corrected chi connectivity index (χ3v) is 3.01. The highest BCUT2D eigenvalue weighted by molar-refractivity contribution is 5.28. The van der Waals surface area contributed by atoms with Gasteiger partial charge in [0.05, 0.1) is 31.6 Å². The molecule has 5 heteroatoms. The second-order valence-electron chi connectivity index (χ2n) is 6.50. The van der Waals surface area contributed by atoms with Crippen molar-refractivity contribution in [2.24, 2.45) is 11.1 Å². The Bertz CT molecular complexity index is 393. The number of aromatic nitrogens is 2. The largest absolute Gasteiger partial charge is 0.493 e. The van der Waals surface area contributed by atoms with Crippen molar-refractivity contribution in [3.63, 3.8) is 0 Å². The van der Waals surface area contributed by atoms with Gasteiger partial charge >= 0.3 is 0 Å². The number of hydrogen-bond donors (Lipinski definition) is 1. The average Bonchev–Trinajstić information content (AvgIpc) is 2.66. The van der Waals surface area contributed by atoms with Crippen LogP contribution in [0.1, 0.15) is 38.9 Å². The van der Waals surface area contributed by atoms with E-state index in [2.05, 4.69) is 44.9 Å². The predicted octanol–water partition coefficient (Wildman–Crippen LogP) is 1.89. The summed E-state index contributed by atoms with van der Waals surface area (Å²) in [7, 11) is 5.77. The first-order chi connectivity index (χ1) is 8.74. The number of nitrogens with zero attached hydrogens (tertiary/aromatic N) is 3. The van der Waals surface area contributed by atoms with Gasteiger partial charge < -0.3 is 15.4 Å². The first-order valence-electron chi connectivity index (χ1n) is 6.74. The Kier molecular flexibility index (Phi) is 5.38. The van der Waals surface area contributed by atoms with Gasteiger partial charge in [0.25, 0.3) is 0 Å². The summed E-state index contributed by atoms with van der Waals surface area (Å²) < 4.78 is 7.36. The molecule has 0 bridgehead atoms. The number of likely N-dealkylation sites (N-methyl/N-ethyl adjacent to an activating group) is 1. The molecule has 1 rings (SSSR count). The molecular weight excluding hydrogens is 240 g/mol. The van der Waals surface area contributed by atoms with Crippen LogP contribution in [0.2, 0.25) is 0 Å². The fourth-order valence-corrected chi connectivity index (χ4v) is 2.14. The number of hydrogen-bond acceptors (Lipinski definition) is 4. The smallest absolute Gasteiger partial charge is 0.161 e. The highest BCUT2D eigenvalue weighted by Crippen LogP contribution is 2.32. The lowest BCUT2D eigenvalue weighted by Crippen LogP contribution is -2.25. The van der Waals surface area contributed by atoms with Crippen molar-refractivity contribution in [3.05, 3.63) is 11.9 Å². The molecule has 1 heterocycles. The Morgan fingerprint density at radius 1 is 1.42 bits per heavy atom. The van der Waals surface area contributed by atoms with Gasteiger partial charge in [-0.3, -0.25) is 4.68 Å². The first kappa shape index (κ1) is 16.0. The molecule has 5 nitrogen and oxygen atoms in total. The Balaban J connectivity index is 2.92. The second-order valence-corrected chi connectivity index (χ2v) is 6.50. The molecule has 110 valence electrons. The summed E-state index contributed by atoms with van der Waals surface area (Å²) in [5.41, 5.74) is 7.54. The van der Waals surface area contributed by atoms with Gasteiger partial charge in [-0.2, -0.15) is 5.10 Å². The van der Waals surface area contributed by atoms with E-state index in [0.29, 0.717) is 0 Å². The van der Waals surface area contributed by atoms with Crippen LogP contribution in [-0.4, -0.2) is 42.4 Å². The molecule has 0 spiro atoms. The van der Waals surface area contributed by atoms with Gasteiger partial charge in [-0.25, -0.2) is 0 Å². The zero-order valence-corrected chi connectivity index (χ0v) is 13.1. The lowest BCUT2D eigenvalue weighted by molar-refractivity contribution is 0.316. The van der Waals surface area contributed by atoms with E-state index in [1.165, 1.54) is 0 Å². The van der Waals surface area contributed by atoms with Crippen molar-refractivity contribution in [1.82, 2.24) is 14.7 Å². The van der Waals surface area contributed by atoms with Crippen LogP contribution in [0.15, 0.2) is 6.20 Å². The Labute approximate surface area is 116 Å². The van der Waals surface area contributed by atoms with Crippen LogP contribution in [-0.2, 0) is 6.54 Å². The maximum atomic E-state index is 6.35. The van der Waals surface area contributed by atoms with Gasteiger partial charge in [0.15, 0.2) is 5.75 Å². The third kappa shape index (κ3) is 4.84. The van der Waals surface area contributed by atoms with Crippen molar-refractivity contribution < 1.29 is 4.74 Å². The molecule has 0 fully saturated rings. The second kappa shape index (κ2) is 6.39. The summed E-state index contributed by atoms with van der Waals surface area (Å²) in [6, 6.07) is -0.0559. The average molecular weight is 268 g/mol. The number of nitrogens with two attached hydrogens (primary N) is 1. The number of methoxy groups -OCH3 is 1. The zero-order valence-electron chi connectivity index (χ0n) is 13.1. The molecule has 1 aromatic heterocycles. The summed E-state index contributed by atoms with van der Waals surface area (Å²) in [4.78, 5) is 2.13. The molecule has 0 aliphatic rings. The Morgan fingerprint density at radius 3 is 2.53 bits per heavy atom. The maximum Gasteiger partial charge on any atom is 0.161 e. The minimum absolute atomic E-state index is 0.0559. The van der Waals surface area contributed by atoms with Crippen molar-refractivity contribution in [2.45, 2.75) is 39.8 Å². The van der Waals surface area contributed by atoms with Gasteiger partial charge in [-0.15, -0.1) is 0 Å². The predicted molar refractivity (Wildman–Crippen MR) is 78.3 cm³/mol. The van der Waals surface area contributed by atoms with Crippen molar-refractivity contribution in [3.8, 4) is 5.75 Å².